The molecule has 2 aromatic heterocycles. The number of hydrogen-bond acceptors (Lipinski definition) is 6. The van der Waals surface area contributed by atoms with Gasteiger partial charge in [-0.1, -0.05) is 18.6 Å². The lowest BCUT2D eigenvalue weighted by Crippen LogP contribution is -2.17. The fourth-order valence-electron chi connectivity index (χ4n) is 2.37. The maximum absolute atomic E-state index is 11.9. The number of nitrogens with one attached hydrogen (secondary N) is 1. The van der Waals surface area contributed by atoms with Crippen molar-refractivity contribution in [3.63, 3.8) is 0 Å². The SMILES string of the molecule is CCCCn1cc(COc2ccc(/C=N/NC(=O)c3ccncc3)cc2)nn1. The van der Waals surface area contributed by atoms with Gasteiger partial charge >= 0.3 is 0 Å². The van der Waals surface area contributed by atoms with E-state index in [0.29, 0.717) is 12.2 Å². The molecule has 1 amide bonds. The molecule has 0 saturated heterocycles. The Hall–Kier alpha value is -3.55. The van der Waals surface area contributed by atoms with Gasteiger partial charge < -0.3 is 4.74 Å². The van der Waals surface area contributed by atoms with E-state index in [9.17, 15) is 4.79 Å². The van der Waals surface area contributed by atoms with Crippen LogP contribution >= 0.6 is 0 Å². The molecule has 0 saturated carbocycles. The van der Waals surface area contributed by atoms with E-state index >= 15 is 0 Å². The van der Waals surface area contributed by atoms with E-state index in [1.54, 1.807) is 30.7 Å². The van der Waals surface area contributed by atoms with E-state index in [-0.39, 0.29) is 5.91 Å². The Balaban J connectivity index is 1.46. The average molecular weight is 378 g/mol. The second-order valence-corrected chi connectivity index (χ2v) is 6.12. The molecule has 0 unspecified atom stereocenters. The largest absolute Gasteiger partial charge is 0.487 e. The second kappa shape index (κ2) is 9.96. The van der Waals surface area contributed by atoms with Gasteiger partial charge in [0.1, 0.15) is 18.1 Å². The number of hydrazone groups is 1. The molecule has 0 spiro atoms. The summed E-state index contributed by atoms with van der Waals surface area (Å²) in [5.41, 5.74) is 4.61. The van der Waals surface area contributed by atoms with Crippen LogP contribution in [0, 0.1) is 0 Å². The van der Waals surface area contributed by atoms with Crippen molar-refractivity contribution in [2.75, 3.05) is 0 Å². The third-order valence-electron chi connectivity index (χ3n) is 3.92. The minimum absolute atomic E-state index is 0.286. The van der Waals surface area contributed by atoms with Gasteiger partial charge in [-0.2, -0.15) is 5.10 Å². The molecule has 0 bridgehead atoms. The number of benzene rings is 1. The number of aromatic nitrogens is 4. The Morgan fingerprint density at radius 1 is 1.21 bits per heavy atom. The van der Waals surface area contributed by atoms with Crippen molar-refractivity contribution < 1.29 is 9.53 Å². The van der Waals surface area contributed by atoms with Gasteiger partial charge in [-0.25, -0.2) is 5.43 Å². The number of rotatable bonds is 9. The number of pyridine rings is 1. The van der Waals surface area contributed by atoms with Crippen molar-refractivity contribution in [1.29, 1.82) is 0 Å². The number of amides is 1. The third-order valence-corrected chi connectivity index (χ3v) is 3.92. The maximum Gasteiger partial charge on any atom is 0.271 e. The summed E-state index contributed by atoms with van der Waals surface area (Å²) < 4.78 is 7.56. The summed E-state index contributed by atoms with van der Waals surface area (Å²) in [6, 6.07) is 10.6. The second-order valence-electron chi connectivity index (χ2n) is 6.12. The molecule has 0 radical (unpaired) electrons. The Labute approximate surface area is 163 Å². The molecule has 0 atom stereocenters. The highest BCUT2D eigenvalue weighted by molar-refractivity contribution is 5.94. The summed E-state index contributed by atoms with van der Waals surface area (Å²) in [7, 11) is 0. The molecule has 8 heteroatoms. The van der Waals surface area contributed by atoms with Gasteiger partial charge in [0.25, 0.3) is 5.91 Å². The molecular weight excluding hydrogens is 356 g/mol. The molecule has 8 nitrogen and oxygen atoms in total. The number of carbonyl (C=O) groups excluding carboxylic acids is 1. The molecule has 3 aromatic rings. The standard InChI is InChI=1S/C20H22N6O2/c1-2-3-12-26-14-18(23-25-26)15-28-19-6-4-16(5-7-19)13-22-24-20(27)17-8-10-21-11-9-17/h4-11,13-14H,2-3,12,15H2,1H3,(H,24,27)/b22-13+. The molecule has 144 valence electrons. The molecule has 1 aromatic carbocycles. The predicted molar refractivity (Wildman–Crippen MR) is 105 cm³/mol. The molecule has 0 aliphatic heterocycles. The first kappa shape index (κ1) is 19.2. The Morgan fingerprint density at radius 2 is 2.00 bits per heavy atom. The van der Waals surface area contributed by atoms with Gasteiger partial charge in [0.15, 0.2) is 0 Å². The molecular formula is C20H22N6O2. The number of hydrogen-bond donors (Lipinski definition) is 1. The molecule has 0 aliphatic carbocycles. The fourth-order valence-corrected chi connectivity index (χ4v) is 2.37. The van der Waals surface area contributed by atoms with Crippen LogP contribution in [-0.4, -0.2) is 32.1 Å². The first-order valence-corrected chi connectivity index (χ1v) is 9.10. The highest BCUT2D eigenvalue weighted by Crippen LogP contribution is 2.13. The van der Waals surface area contributed by atoms with Crippen LogP contribution in [0.5, 0.6) is 5.75 Å². The lowest BCUT2D eigenvalue weighted by Gasteiger charge is -2.04. The van der Waals surface area contributed by atoms with Gasteiger partial charge in [0.2, 0.25) is 0 Å². The Morgan fingerprint density at radius 3 is 2.75 bits per heavy atom. The van der Waals surface area contributed by atoms with E-state index in [0.717, 1.165) is 36.4 Å². The lowest BCUT2D eigenvalue weighted by atomic mass is 10.2. The van der Waals surface area contributed by atoms with Crippen LogP contribution in [0.25, 0.3) is 0 Å². The first-order valence-electron chi connectivity index (χ1n) is 9.10. The van der Waals surface area contributed by atoms with Gasteiger partial charge in [-0.05, 0) is 48.4 Å². The molecule has 1 N–H and O–H groups in total. The fraction of sp³-hybridized carbons (Fsp3) is 0.250. The van der Waals surface area contributed by atoms with Crippen molar-refractivity contribution in [1.82, 2.24) is 25.4 Å². The molecule has 3 rings (SSSR count). The average Bonchev–Trinajstić information content (AvgIpc) is 3.20. The minimum atomic E-state index is -0.286. The normalized spacial score (nSPS) is 10.9. The summed E-state index contributed by atoms with van der Waals surface area (Å²) in [4.78, 5) is 15.8. The van der Waals surface area contributed by atoms with Gasteiger partial charge in [0, 0.05) is 24.5 Å². The van der Waals surface area contributed by atoms with Gasteiger partial charge in [0.05, 0.1) is 12.4 Å². The lowest BCUT2D eigenvalue weighted by molar-refractivity contribution is 0.0955. The molecule has 0 fully saturated rings. The van der Waals surface area contributed by atoms with Crippen LogP contribution in [0.1, 0.15) is 41.4 Å². The zero-order valence-electron chi connectivity index (χ0n) is 15.7. The van der Waals surface area contributed by atoms with Crippen LogP contribution in [0.2, 0.25) is 0 Å². The van der Waals surface area contributed by atoms with Crippen molar-refractivity contribution >= 4 is 12.1 Å². The summed E-state index contributed by atoms with van der Waals surface area (Å²) in [6.07, 6.45) is 8.79. The van der Waals surface area contributed by atoms with Gasteiger partial charge in [-0.3, -0.25) is 14.5 Å². The van der Waals surface area contributed by atoms with Crippen molar-refractivity contribution in [3.05, 3.63) is 71.8 Å². The summed E-state index contributed by atoms with van der Waals surface area (Å²) in [5, 5.41) is 12.1. The zero-order valence-corrected chi connectivity index (χ0v) is 15.7. The topological polar surface area (TPSA) is 94.3 Å². The van der Waals surface area contributed by atoms with E-state index in [2.05, 4.69) is 32.7 Å². The molecule has 28 heavy (non-hydrogen) atoms. The summed E-state index contributed by atoms with van der Waals surface area (Å²) >= 11 is 0. The highest BCUT2D eigenvalue weighted by atomic mass is 16.5. The van der Waals surface area contributed by atoms with Crippen LogP contribution in [0.15, 0.2) is 60.1 Å². The van der Waals surface area contributed by atoms with Crippen LogP contribution in [0.4, 0.5) is 0 Å². The highest BCUT2D eigenvalue weighted by Gasteiger charge is 2.03. The minimum Gasteiger partial charge on any atom is -0.487 e. The van der Waals surface area contributed by atoms with Crippen LogP contribution in [0.3, 0.4) is 0 Å². The predicted octanol–water partition coefficient (Wildman–Crippen LogP) is 2.82. The molecule has 0 aliphatic rings. The quantitative estimate of drug-likeness (QED) is 0.456. The summed E-state index contributed by atoms with van der Waals surface area (Å²) in [6.45, 7) is 3.38. The van der Waals surface area contributed by atoms with E-state index < -0.39 is 0 Å². The number of unbranched alkanes of at least 4 members (excludes halogenated alkanes) is 1. The van der Waals surface area contributed by atoms with E-state index in [1.807, 2.05) is 35.1 Å². The van der Waals surface area contributed by atoms with Crippen LogP contribution in [-0.2, 0) is 13.2 Å². The Kier molecular flexibility index (Phi) is 6.84. The Bertz CT molecular complexity index is 906. The number of aryl methyl sites for hydroxylation is 1. The number of carbonyl (C=O) groups is 1. The summed E-state index contributed by atoms with van der Waals surface area (Å²) in [5.74, 6) is 0.437. The molecule has 2 heterocycles. The zero-order chi connectivity index (χ0) is 19.6. The van der Waals surface area contributed by atoms with E-state index in [4.69, 9.17) is 4.74 Å². The first-order chi connectivity index (χ1) is 13.7. The number of ether oxygens (including phenoxy) is 1. The monoisotopic (exact) mass is 378 g/mol. The smallest absolute Gasteiger partial charge is 0.271 e. The van der Waals surface area contributed by atoms with Crippen molar-refractivity contribution in [3.8, 4) is 5.75 Å². The van der Waals surface area contributed by atoms with Gasteiger partial charge in [-0.15, -0.1) is 5.10 Å². The third kappa shape index (κ3) is 5.73. The number of nitrogens with zero attached hydrogens (tertiary/aromatic N) is 5. The van der Waals surface area contributed by atoms with E-state index in [1.165, 1.54) is 0 Å². The maximum atomic E-state index is 11.9. The van der Waals surface area contributed by atoms with Crippen molar-refractivity contribution in [2.24, 2.45) is 5.10 Å². The van der Waals surface area contributed by atoms with Crippen molar-refractivity contribution in [2.45, 2.75) is 32.9 Å². The van der Waals surface area contributed by atoms with Crippen LogP contribution < -0.4 is 10.2 Å².